The Hall–Kier alpha value is -4.50. The number of benzene rings is 2. The van der Waals surface area contributed by atoms with Gasteiger partial charge in [0.25, 0.3) is 5.56 Å². The first-order chi connectivity index (χ1) is 21.0. The summed E-state index contributed by atoms with van der Waals surface area (Å²) >= 11 is 1.30. The Morgan fingerprint density at radius 2 is 1.59 bits per heavy atom. The number of aryl methyl sites for hydroxylation is 1. The van der Waals surface area contributed by atoms with Crippen LogP contribution in [-0.2, 0) is 14.3 Å². The smallest absolute Gasteiger partial charge is 0.338 e. The third kappa shape index (κ3) is 5.71. The number of fused-ring (bicyclic) bond motifs is 1. The highest BCUT2D eigenvalue weighted by Gasteiger charge is 2.33. The normalized spacial score (nSPS) is 14.9. The number of esters is 2. The number of aromatic nitrogens is 2. The highest BCUT2D eigenvalue weighted by molar-refractivity contribution is 7.07. The maximum Gasteiger partial charge on any atom is 0.338 e. The number of carbonyl (C=O) groups excluding carboxylic acids is 2. The van der Waals surface area contributed by atoms with Gasteiger partial charge in [0, 0.05) is 17.1 Å². The van der Waals surface area contributed by atoms with Crippen molar-refractivity contribution in [3.8, 4) is 5.69 Å². The van der Waals surface area contributed by atoms with Crippen molar-refractivity contribution in [2.24, 2.45) is 4.99 Å². The summed E-state index contributed by atoms with van der Waals surface area (Å²) < 4.78 is 14.8. The summed E-state index contributed by atoms with van der Waals surface area (Å²) in [7, 11) is 0. The topological polar surface area (TPSA) is 91.9 Å². The van der Waals surface area contributed by atoms with Crippen molar-refractivity contribution < 1.29 is 19.1 Å². The molecule has 0 saturated carbocycles. The first kappa shape index (κ1) is 30.9. The van der Waals surface area contributed by atoms with E-state index in [0.29, 0.717) is 38.7 Å². The van der Waals surface area contributed by atoms with Crippen LogP contribution in [0.25, 0.3) is 11.8 Å². The second-order valence-corrected chi connectivity index (χ2v) is 12.1. The molecule has 2 aromatic carbocycles. The molecule has 0 saturated heterocycles. The molecule has 5 rings (SSSR count). The van der Waals surface area contributed by atoms with Crippen LogP contribution in [0.15, 0.2) is 75.7 Å². The van der Waals surface area contributed by atoms with Gasteiger partial charge in [0.15, 0.2) is 4.80 Å². The molecule has 228 valence electrons. The molecule has 1 aliphatic heterocycles. The summed E-state index contributed by atoms with van der Waals surface area (Å²) in [6, 6.07) is 16.7. The SMILES string of the molecule is CCOC(=O)C1=C(C)N=c2s/c(=C\c3cc(C)n(-c4ccc(C(=O)OCC)cc4)c3C)c(=O)n2[C@H]1c1ccc(C(C)C)cc1. The van der Waals surface area contributed by atoms with Crippen molar-refractivity contribution in [3.63, 3.8) is 0 Å². The van der Waals surface area contributed by atoms with E-state index in [4.69, 9.17) is 14.5 Å². The van der Waals surface area contributed by atoms with Crippen LogP contribution in [0.2, 0.25) is 0 Å². The van der Waals surface area contributed by atoms with Crippen molar-refractivity contribution in [2.45, 2.75) is 60.4 Å². The number of hydrogen-bond acceptors (Lipinski definition) is 7. The monoisotopic (exact) mass is 611 g/mol. The summed E-state index contributed by atoms with van der Waals surface area (Å²) in [5.74, 6) is -0.479. The minimum Gasteiger partial charge on any atom is -0.463 e. The molecule has 3 heterocycles. The fraction of sp³-hybridized carbons (Fsp3) is 0.314. The van der Waals surface area contributed by atoms with Crippen molar-refractivity contribution >= 4 is 29.4 Å². The number of hydrogen-bond donors (Lipinski definition) is 0. The van der Waals surface area contributed by atoms with Crippen LogP contribution in [-0.4, -0.2) is 34.3 Å². The van der Waals surface area contributed by atoms with E-state index >= 15 is 0 Å². The number of thiazole rings is 1. The fourth-order valence-corrected chi connectivity index (χ4v) is 6.64. The van der Waals surface area contributed by atoms with Gasteiger partial charge >= 0.3 is 11.9 Å². The lowest BCUT2D eigenvalue weighted by Gasteiger charge is -2.25. The van der Waals surface area contributed by atoms with Crippen LogP contribution < -0.4 is 14.9 Å². The first-order valence-electron chi connectivity index (χ1n) is 14.8. The quantitative estimate of drug-likeness (QED) is 0.245. The highest BCUT2D eigenvalue weighted by Crippen LogP contribution is 2.31. The molecular formula is C35H37N3O5S. The minimum absolute atomic E-state index is 0.218. The molecule has 0 unspecified atom stereocenters. The van der Waals surface area contributed by atoms with E-state index in [1.165, 1.54) is 16.9 Å². The molecule has 2 aromatic heterocycles. The van der Waals surface area contributed by atoms with E-state index in [1.54, 1.807) is 37.5 Å². The number of rotatable bonds is 8. The standard InChI is InChI=1S/C35H37N3O5S/c1-8-42-33(40)26-14-16-28(17-15-26)37-21(5)18-27(23(37)7)19-29-32(39)38-31(25-12-10-24(11-13-25)20(3)4)30(34(41)43-9-2)22(6)36-35(38)44-29/h10-20,31H,8-9H2,1-7H3/b29-19-/t31-/m0/s1. The van der Waals surface area contributed by atoms with Crippen LogP contribution in [0.3, 0.4) is 0 Å². The number of ether oxygens (including phenoxy) is 2. The molecule has 4 aromatic rings. The molecular weight excluding hydrogens is 574 g/mol. The van der Waals surface area contributed by atoms with Crippen LogP contribution in [0.1, 0.15) is 85.0 Å². The largest absolute Gasteiger partial charge is 0.463 e. The lowest BCUT2D eigenvalue weighted by atomic mass is 9.93. The second kappa shape index (κ2) is 12.6. The van der Waals surface area contributed by atoms with Crippen LogP contribution >= 0.6 is 11.3 Å². The fourth-order valence-electron chi connectivity index (χ4n) is 5.60. The maximum absolute atomic E-state index is 14.1. The van der Waals surface area contributed by atoms with Gasteiger partial charge in [-0.15, -0.1) is 0 Å². The summed E-state index contributed by atoms with van der Waals surface area (Å²) in [5.41, 5.74) is 6.89. The van der Waals surface area contributed by atoms with Gasteiger partial charge in [-0.25, -0.2) is 14.6 Å². The third-order valence-electron chi connectivity index (χ3n) is 7.83. The highest BCUT2D eigenvalue weighted by atomic mass is 32.1. The lowest BCUT2D eigenvalue weighted by molar-refractivity contribution is -0.139. The number of nitrogens with zero attached hydrogens (tertiary/aromatic N) is 3. The second-order valence-electron chi connectivity index (χ2n) is 11.1. The maximum atomic E-state index is 14.1. The van der Waals surface area contributed by atoms with E-state index in [9.17, 15) is 14.4 Å². The van der Waals surface area contributed by atoms with Gasteiger partial charge in [0.05, 0.1) is 40.6 Å². The van der Waals surface area contributed by atoms with Crippen molar-refractivity contribution in [2.75, 3.05) is 13.2 Å². The van der Waals surface area contributed by atoms with Gasteiger partial charge in [0.1, 0.15) is 0 Å². The Balaban J connectivity index is 1.61. The summed E-state index contributed by atoms with van der Waals surface area (Å²) in [4.78, 5) is 44.7. The zero-order valence-corrected chi connectivity index (χ0v) is 27.0. The molecule has 8 nitrogen and oxygen atoms in total. The third-order valence-corrected chi connectivity index (χ3v) is 8.81. The van der Waals surface area contributed by atoms with Crippen molar-refractivity contribution in [1.82, 2.24) is 9.13 Å². The van der Waals surface area contributed by atoms with Crippen molar-refractivity contribution in [3.05, 3.63) is 119 Å². The Morgan fingerprint density at radius 1 is 0.955 bits per heavy atom. The molecule has 0 bridgehead atoms. The van der Waals surface area contributed by atoms with Crippen LogP contribution in [0.4, 0.5) is 0 Å². The molecule has 0 aliphatic carbocycles. The van der Waals surface area contributed by atoms with E-state index in [0.717, 1.165) is 28.2 Å². The Bertz CT molecular complexity index is 1940. The van der Waals surface area contributed by atoms with Crippen LogP contribution in [0, 0.1) is 13.8 Å². The molecule has 0 fully saturated rings. The zero-order chi connectivity index (χ0) is 31.7. The van der Waals surface area contributed by atoms with Gasteiger partial charge in [0.2, 0.25) is 0 Å². The number of carbonyl (C=O) groups is 2. The first-order valence-corrected chi connectivity index (χ1v) is 15.6. The van der Waals surface area contributed by atoms with E-state index in [-0.39, 0.29) is 18.1 Å². The molecule has 1 atom stereocenters. The molecule has 0 radical (unpaired) electrons. The lowest BCUT2D eigenvalue weighted by Crippen LogP contribution is -2.39. The van der Waals surface area contributed by atoms with Gasteiger partial charge < -0.3 is 14.0 Å². The zero-order valence-electron chi connectivity index (χ0n) is 26.1. The van der Waals surface area contributed by atoms with E-state index < -0.39 is 12.0 Å². The molecule has 1 aliphatic rings. The minimum atomic E-state index is -0.654. The Kier molecular flexibility index (Phi) is 8.87. The summed E-state index contributed by atoms with van der Waals surface area (Å²) in [5, 5.41) is 0. The van der Waals surface area contributed by atoms with Crippen LogP contribution in [0.5, 0.6) is 0 Å². The van der Waals surface area contributed by atoms with Gasteiger partial charge in [-0.05, 0) is 93.6 Å². The van der Waals surface area contributed by atoms with E-state index in [2.05, 4.69) is 18.4 Å². The summed E-state index contributed by atoms with van der Waals surface area (Å²) in [6.45, 7) is 14.1. The average molecular weight is 612 g/mol. The number of allylic oxidation sites excluding steroid dienone is 1. The molecule has 9 heteroatoms. The molecule has 0 amide bonds. The Labute approximate surface area is 260 Å². The van der Waals surface area contributed by atoms with E-state index in [1.807, 2.05) is 62.4 Å². The van der Waals surface area contributed by atoms with Crippen molar-refractivity contribution in [1.29, 1.82) is 0 Å². The Morgan fingerprint density at radius 3 is 2.20 bits per heavy atom. The average Bonchev–Trinajstić information content (AvgIpc) is 3.45. The molecule has 0 N–H and O–H groups in total. The molecule has 0 spiro atoms. The predicted molar refractivity (Wildman–Crippen MR) is 172 cm³/mol. The van der Waals surface area contributed by atoms with Gasteiger partial charge in [-0.2, -0.15) is 0 Å². The molecule has 44 heavy (non-hydrogen) atoms. The van der Waals surface area contributed by atoms with Gasteiger partial charge in [-0.1, -0.05) is 49.4 Å². The van der Waals surface area contributed by atoms with Gasteiger partial charge in [-0.3, -0.25) is 9.36 Å². The predicted octanol–water partition coefficient (Wildman–Crippen LogP) is 5.51. The summed E-state index contributed by atoms with van der Waals surface area (Å²) in [6.07, 6.45) is 1.89.